The third-order valence-corrected chi connectivity index (χ3v) is 4.92. The van der Waals surface area contributed by atoms with Crippen molar-refractivity contribution in [3.63, 3.8) is 0 Å². The first-order chi connectivity index (χ1) is 9.74. The second-order valence-electron chi connectivity index (χ2n) is 6.38. The average Bonchev–Trinajstić information content (AvgIpc) is 2.45. The second kappa shape index (κ2) is 6.15. The molecule has 3 nitrogen and oxygen atoms in total. The van der Waals surface area contributed by atoms with E-state index in [9.17, 15) is 0 Å². The Labute approximate surface area is 122 Å². The van der Waals surface area contributed by atoms with Crippen LogP contribution in [0.3, 0.4) is 0 Å². The van der Waals surface area contributed by atoms with Crippen LogP contribution in [-0.4, -0.2) is 44.2 Å². The molecule has 0 aromatic heterocycles. The van der Waals surface area contributed by atoms with Crippen molar-refractivity contribution >= 4 is 0 Å². The van der Waals surface area contributed by atoms with E-state index in [-0.39, 0.29) is 0 Å². The monoisotopic (exact) mass is 274 g/mol. The van der Waals surface area contributed by atoms with Crippen molar-refractivity contribution in [3.05, 3.63) is 29.8 Å². The summed E-state index contributed by atoms with van der Waals surface area (Å²) in [5, 5.41) is 3.85. The molecule has 2 aliphatic rings. The third kappa shape index (κ3) is 3.15. The number of benzene rings is 1. The summed E-state index contributed by atoms with van der Waals surface area (Å²) in [6.07, 6.45) is 5.19. The molecule has 1 heterocycles. The molecule has 0 atom stereocenters. The fourth-order valence-electron chi connectivity index (χ4n) is 3.41. The minimum atomic E-state index is 0.732. The second-order valence-corrected chi connectivity index (χ2v) is 6.38. The van der Waals surface area contributed by atoms with Gasteiger partial charge in [0.15, 0.2) is 0 Å². The summed E-state index contributed by atoms with van der Waals surface area (Å²) < 4.78 is 5.21. The minimum absolute atomic E-state index is 0.732. The molecule has 0 spiro atoms. The standard InChI is InChI=1S/C17H26N2O/c1-19-9-7-15(8-10-19)18-16-11-14(12-16)13-3-5-17(20-2)6-4-13/h3-6,14-16,18H,7-12H2,1-2H3. The maximum absolute atomic E-state index is 5.21. The lowest BCUT2D eigenvalue weighted by molar-refractivity contribution is 0.192. The normalized spacial score (nSPS) is 28.1. The lowest BCUT2D eigenvalue weighted by Crippen LogP contribution is -2.49. The highest BCUT2D eigenvalue weighted by Gasteiger charge is 2.32. The molecule has 1 aromatic rings. The van der Waals surface area contributed by atoms with Crippen LogP contribution >= 0.6 is 0 Å². The lowest BCUT2D eigenvalue weighted by Gasteiger charge is -2.40. The van der Waals surface area contributed by atoms with Gasteiger partial charge in [0.1, 0.15) is 5.75 Å². The van der Waals surface area contributed by atoms with E-state index >= 15 is 0 Å². The van der Waals surface area contributed by atoms with Crippen molar-refractivity contribution < 1.29 is 4.74 Å². The fourth-order valence-corrected chi connectivity index (χ4v) is 3.41. The first kappa shape index (κ1) is 13.9. The number of nitrogens with one attached hydrogen (secondary N) is 1. The number of likely N-dealkylation sites (tertiary alicyclic amines) is 1. The summed E-state index contributed by atoms with van der Waals surface area (Å²) in [6, 6.07) is 10.1. The van der Waals surface area contributed by atoms with E-state index in [4.69, 9.17) is 4.74 Å². The number of piperidine rings is 1. The van der Waals surface area contributed by atoms with E-state index in [1.165, 1.54) is 44.3 Å². The molecule has 20 heavy (non-hydrogen) atoms. The molecule has 0 bridgehead atoms. The molecule has 1 saturated heterocycles. The Morgan fingerprint density at radius 2 is 1.70 bits per heavy atom. The number of nitrogens with zero attached hydrogens (tertiary/aromatic N) is 1. The summed E-state index contributed by atoms with van der Waals surface area (Å²) in [5.74, 6) is 1.69. The molecule has 1 aliphatic heterocycles. The first-order valence-corrected chi connectivity index (χ1v) is 7.83. The predicted molar refractivity (Wildman–Crippen MR) is 82.4 cm³/mol. The van der Waals surface area contributed by atoms with Crippen molar-refractivity contribution in [2.45, 2.75) is 43.7 Å². The summed E-state index contributed by atoms with van der Waals surface area (Å²) in [7, 11) is 3.94. The maximum Gasteiger partial charge on any atom is 0.118 e. The number of hydrogen-bond acceptors (Lipinski definition) is 3. The van der Waals surface area contributed by atoms with Gasteiger partial charge in [-0.3, -0.25) is 0 Å². The first-order valence-electron chi connectivity index (χ1n) is 7.83. The molecule has 0 unspecified atom stereocenters. The van der Waals surface area contributed by atoms with Crippen LogP contribution < -0.4 is 10.1 Å². The quantitative estimate of drug-likeness (QED) is 0.913. The van der Waals surface area contributed by atoms with E-state index in [2.05, 4.69) is 41.5 Å². The van der Waals surface area contributed by atoms with Crippen molar-refractivity contribution in [2.75, 3.05) is 27.2 Å². The van der Waals surface area contributed by atoms with Gasteiger partial charge in [-0.2, -0.15) is 0 Å². The van der Waals surface area contributed by atoms with E-state index in [0.29, 0.717) is 0 Å². The van der Waals surface area contributed by atoms with Gasteiger partial charge in [0, 0.05) is 12.1 Å². The van der Waals surface area contributed by atoms with Gasteiger partial charge < -0.3 is 15.0 Å². The molecule has 1 aliphatic carbocycles. The average molecular weight is 274 g/mol. The van der Waals surface area contributed by atoms with Gasteiger partial charge in [-0.15, -0.1) is 0 Å². The van der Waals surface area contributed by atoms with E-state index in [0.717, 1.165) is 23.8 Å². The van der Waals surface area contributed by atoms with Crippen molar-refractivity contribution in [2.24, 2.45) is 0 Å². The molecular formula is C17H26N2O. The van der Waals surface area contributed by atoms with Gasteiger partial charge in [0.2, 0.25) is 0 Å². The summed E-state index contributed by atoms with van der Waals surface area (Å²) in [5.41, 5.74) is 1.47. The summed E-state index contributed by atoms with van der Waals surface area (Å²) >= 11 is 0. The SMILES string of the molecule is COc1ccc(C2CC(NC3CCN(C)CC3)C2)cc1. The Balaban J connectivity index is 1.44. The van der Waals surface area contributed by atoms with Gasteiger partial charge >= 0.3 is 0 Å². The van der Waals surface area contributed by atoms with Crippen molar-refractivity contribution in [1.29, 1.82) is 0 Å². The van der Waals surface area contributed by atoms with Gasteiger partial charge in [-0.25, -0.2) is 0 Å². The zero-order valence-electron chi connectivity index (χ0n) is 12.6. The minimum Gasteiger partial charge on any atom is -0.497 e. The molecule has 3 heteroatoms. The molecule has 3 rings (SSSR count). The zero-order chi connectivity index (χ0) is 13.9. The topological polar surface area (TPSA) is 24.5 Å². The summed E-state index contributed by atoms with van der Waals surface area (Å²) in [4.78, 5) is 2.43. The fraction of sp³-hybridized carbons (Fsp3) is 0.647. The highest BCUT2D eigenvalue weighted by Crippen LogP contribution is 2.37. The van der Waals surface area contributed by atoms with E-state index in [1.807, 2.05) is 0 Å². The van der Waals surface area contributed by atoms with Crippen LogP contribution in [0.4, 0.5) is 0 Å². The van der Waals surface area contributed by atoms with Crippen molar-refractivity contribution in [1.82, 2.24) is 10.2 Å². The van der Waals surface area contributed by atoms with Crippen molar-refractivity contribution in [3.8, 4) is 5.75 Å². The maximum atomic E-state index is 5.21. The van der Waals surface area contributed by atoms with Gasteiger partial charge in [0.05, 0.1) is 7.11 Å². The molecule has 1 saturated carbocycles. The van der Waals surface area contributed by atoms with Gasteiger partial charge in [0.25, 0.3) is 0 Å². The lowest BCUT2D eigenvalue weighted by atomic mass is 9.75. The molecule has 110 valence electrons. The molecule has 1 aromatic carbocycles. The van der Waals surface area contributed by atoms with Crippen LogP contribution in [0.25, 0.3) is 0 Å². The largest absolute Gasteiger partial charge is 0.497 e. The van der Waals surface area contributed by atoms with Crippen LogP contribution in [0.15, 0.2) is 24.3 Å². The highest BCUT2D eigenvalue weighted by atomic mass is 16.5. The van der Waals surface area contributed by atoms with E-state index in [1.54, 1.807) is 7.11 Å². The molecular weight excluding hydrogens is 248 g/mol. The molecule has 1 N–H and O–H groups in total. The highest BCUT2D eigenvalue weighted by molar-refractivity contribution is 5.30. The van der Waals surface area contributed by atoms with Gasteiger partial charge in [-0.1, -0.05) is 12.1 Å². The predicted octanol–water partition coefficient (Wildman–Crippen LogP) is 2.63. The number of methoxy groups -OCH3 is 1. The van der Waals surface area contributed by atoms with Gasteiger partial charge in [-0.05, 0) is 69.4 Å². The van der Waals surface area contributed by atoms with Crippen LogP contribution in [0.1, 0.15) is 37.2 Å². The third-order valence-electron chi connectivity index (χ3n) is 4.92. The van der Waals surface area contributed by atoms with Crippen LogP contribution in [-0.2, 0) is 0 Å². The number of ether oxygens (including phenoxy) is 1. The van der Waals surface area contributed by atoms with E-state index < -0.39 is 0 Å². The van der Waals surface area contributed by atoms with Crippen LogP contribution in [0.2, 0.25) is 0 Å². The zero-order valence-corrected chi connectivity index (χ0v) is 12.6. The Morgan fingerprint density at radius 3 is 2.30 bits per heavy atom. The smallest absolute Gasteiger partial charge is 0.118 e. The Bertz CT molecular complexity index is 417. The molecule has 2 fully saturated rings. The van der Waals surface area contributed by atoms with Crippen LogP contribution in [0.5, 0.6) is 5.75 Å². The molecule has 0 radical (unpaired) electrons. The Hall–Kier alpha value is -1.06. The molecule has 0 amide bonds. The van der Waals surface area contributed by atoms with Crippen LogP contribution in [0, 0.1) is 0 Å². The number of hydrogen-bond donors (Lipinski definition) is 1. The Morgan fingerprint density at radius 1 is 1.05 bits per heavy atom. The summed E-state index contributed by atoms with van der Waals surface area (Å²) in [6.45, 7) is 2.48. The number of rotatable bonds is 4. The Kier molecular flexibility index (Phi) is 4.27.